The summed E-state index contributed by atoms with van der Waals surface area (Å²) < 4.78 is 13.1. The number of nitrogens with zero attached hydrogens (tertiary/aromatic N) is 2. The number of amides is 2. The molecule has 1 aromatic carbocycles. The van der Waals surface area contributed by atoms with Crippen molar-refractivity contribution in [3.05, 3.63) is 41.5 Å². The maximum atomic E-state index is 13.1. The Hall–Kier alpha value is -2.77. The fraction of sp³-hybridized carbons (Fsp3) is 0.286. The maximum Gasteiger partial charge on any atom is 0.249 e. The monoisotopic (exact) mass is 305 g/mol. The first-order valence-electron chi connectivity index (χ1n) is 6.67. The molecular weight excluding hydrogens is 289 g/mol. The number of nitrogens with one attached hydrogen (secondary N) is 3. The van der Waals surface area contributed by atoms with Crippen molar-refractivity contribution in [2.75, 3.05) is 5.32 Å². The van der Waals surface area contributed by atoms with Crippen LogP contribution < -0.4 is 10.6 Å². The van der Waals surface area contributed by atoms with E-state index >= 15 is 0 Å². The molecule has 0 saturated heterocycles. The van der Waals surface area contributed by atoms with Crippen molar-refractivity contribution in [3.63, 3.8) is 0 Å². The van der Waals surface area contributed by atoms with E-state index in [1.165, 1.54) is 19.1 Å². The van der Waals surface area contributed by atoms with E-state index in [2.05, 4.69) is 25.8 Å². The van der Waals surface area contributed by atoms with Crippen LogP contribution in [0.1, 0.15) is 25.2 Å². The van der Waals surface area contributed by atoms with Gasteiger partial charge in [0.25, 0.3) is 0 Å². The number of carbonyl (C=O) groups excluding carboxylic acids is 2. The molecule has 0 aliphatic rings. The number of hydrogen-bond donors (Lipinski definition) is 3. The number of carbonyl (C=O) groups is 2. The summed E-state index contributed by atoms with van der Waals surface area (Å²) in [7, 11) is 0. The van der Waals surface area contributed by atoms with Gasteiger partial charge in [-0.2, -0.15) is 4.98 Å². The number of H-pyrrole nitrogens is 1. The van der Waals surface area contributed by atoms with Crippen LogP contribution in [0, 0.1) is 5.82 Å². The van der Waals surface area contributed by atoms with Crippen molar-refractivity contribution >= 4 is 17.8 Å². The zero-order valence-electron chi connectivity index (χ0n) is 12.2. The third-order valence-electron chi connectivity index (χ3n) is 2.84. The summed E-state index contributed by atoms with van der Waals surface area (Å²) in [5.41, 5.74) is 0.737. The lowest BCUT2D eigenvalue weighted by atomic mass is 10.1. The molecular formula is C14H16FN5O2. The molecule has 7 nitrogen and oxygen atoms in total. The quantitative estimate of drug-likeness (QED) is 0.767. The number of aromatic amines is 1. The van der Waals surface area contributed by atoms with Crippen molar-refractivity contribution in [2.24, 2.45) is 0 Å². The molecule has 116 valence electrons. The fourth-order valence-corrected chi connectivity index (χ4v) is 1.86. The molecule has 2 amide bonds. The number of halogens is 1. The highest BCUT2D eigenvalue weighted by Crippen LogP contribution is 2.09. The normalized spacial score (nSPS) is 11.8. The van der Waals surface area contributed by atoms with Crippen LogP contribution in [0.3, 0.4) is 0 Å². The van der Waals surface area contributed by atoms with Gasteiger partial charge >= 0.3 is 0 Å². The predicted molar refractivity (Wildman–Crippen MR) is 77.5 cm³/mol. The Bertz CT molecular complexity index is 685. The second kappa shape index (κ2) is 6.79. The first-order valence-corrected chi connectivity index (χ1v) is 6.67. The van der Waals surface area contributed by atoms with Gasteiger partial charge in [-0.3, -0.25) is 20.0 Å². The second-order valence-corrected chi connectivity index (χ2v) is 4.82. The zero-order valence-corrected chi connectivity index (χ0v) is 12.2. The standard InChI is InChI=1S/C14H16FN5O2/c1-8(16-9(2)21)13(22)18-14-17-12(19-20-14)7-10-4-3-5-11(15)6-10/h3-6,8H,7H2,1-2H3,(H,16,21)(H2,17,18,19,20,22)/t8-/m0/s1. The van der Waals surface area contributed by atoms with E-state index in [0.717, 1.165) is 5.56 Å². The second-order valence-electron chi connectivity index (χ2n) is 4.82. The van der Waals surface area contributed by atoms with Crippen molar-refractivity contribution in [1.29, 1.82) is 0 Å². The first-order chi connectivity index (χ1) is 10.4. The zero-order chi connectivity index (χ0) is 16.1. The van der Waals surface area contributed by atoms with Crippen LogP contribution in [-0.2, 0) is 16.0 Å². The van der Waals surface area contributed by atoms with Crippen molar-refractivity contribution in [2.45, 2.75) is 26.3 Å². The summed E-state index contributed by atoms with van der Waals surface area (Å²) in [6.45, 7) is 2.88. The van der Waals surface area contributed by atoms with Crippen LogP contribution in [0.5, 0.6) is 0 Å². The molecule has 2 aromatic rings. The Morgan fingerprint density at radius 2 is 2.18 bits per heavy atom. The average Bonchev–Trinajstić information content (AvgIpc) is 2.85. The van der Waals surface area contributed by atoms with Gasteiger partial charge in [0.15, 0.2) is 0 Å². The molecule has 22 heavy (non-hydrogen) atoms. The average molecular weight is 305 g/mol. The first kappa shape index (κ1) is 15.6. The molecule has 0 aliphatic carbocycles. The van der Waals surface area contributed by atoms with Crippen LogP contribution in [0.15, 0.2) is 24.3 Å². The molecule has 3 N–H and O–H groups in total. The van der Waals surface area contributed by atoms with Gasteiger partial charge in [-0.05, 0) is 24.6 Å². The predicted octanol–water partition coefficient (Wildman–Crippen LogP) is 0.998. The van der Waals surface area contributed by atoms with Crippen LogP contribution in [0.4, 0.5) is 10.3 Å². The lowest BCUT2D eigenvalue weighted by molar-refractivity contribution is -0.124. The molecule has 1 aromatic heterocycles. The molecule has 8 heteroatoms. The van der Waals surface area contributed by atoms with Gasteiger partial charge in [-0.25, -0.2) is 4.39 Å². The molecule has 0 unspecified atom stereocenters. The van der Waals surface area contributed by atoms with E-state index in [1.54, 1.807) is 19.1 Å². The summed E-state index contributed by atoms with van der Waals surface area (Å²) >= 11 is 0. The highest BCUT2D eigenvalue weighted by atomic mass is 19.1. The molecule has 0 radical (unpaired) electrons. The Kier molecular flexibility index (Phi) is 4.82. The lowest BCUT2D eigenvalue weighted by Gasteiger charge is -2.10. The SMILES string of the molecule is CC(=O)N[C@@H](C)C(=O)Nc1n[nH]c(Cc2cccc(F)c2)n1. The third-order valence-corrected chi connectivity index (χ3v) is 2.84. The molecule has 0 spiro atoms. The molecule has 1 atom stereocenters. The van der Waals surface area contributed by atoms with Gasteiger partial charge in [0.2, 0.25) is 17.8 Å². The topological polar surface area (TPSA) is 99.8 Å². The summed E-state index contributed by atoms with van der Waals surface area (Å²) in [6.07, 6.45) is 0.363. The Balaban J connectivity index is 1.96. The van der Waals surface area contributed by atoms with E-state index in [-0.39, 0.29) is 17.7 Å². The van der Waals surface area contributed by atoms with Gasteiger partial charge < -0.3 is 5.32 Å². The van der Waals surface area contributed by atoms with Crippen LogP contribution in [0.2, 0.25) is 0 Å². The third kappa shape index (κ3) is 4.37. The van der Waals surface area contributed by atoms with E-state index < -0.39 is 11.9 Å². The molecule has 0 saturated carbocycles. The van der Waals surface area contributed by atoms with E-state index in [4.69, 9.17) is 0 Å². The number of benzene rings is 1. The van der Waals surface area contributed by atoms with Gasteiger partial charge in [0.05, 0.1) is 0 Å². The summed E-state index contributed by atoms with van der Waals surface area (Å²) in [5, 5.41) is 11.5. The summed E-state index contributed by atoms with van der Waals surface area (Å²) in [4.78, 5) is 26.8. The minimum absolute atomic E-state index is 0.105. The molecule has 1 heterocycles. The van der Waals surface area contributed by atoms with E-state index in [1.807, 2.05) is 0 Å². The molecule has 0 aliphatic heterocycles. The Labute approximate surface area is 126 Å². The highest BCUT2D eigenvalue weighted by Gasteiger charge is 2.15. The fourth-order valence-electron chi connectivity index (χ4n) is 1.86. The summed E-state index contributed by atoms with van der Waals surface area (Å²) in [5.74, 6) is -0.452. The van der Waals surface area contributed by atoms with Gasteiger partial charge in [-0.15, -0.1) is 5.10 Å². The van der Waals surface area contributed by atoms with Crippen molar-refractivity contribution in [3.8, 4) is 0 Å². The molecule has 2 rings (SSSR count). The number of aromatic nitrogens is 3. The van der Waals surface area contributed by atoms with Gasteiger partial charge in [-0.1, -0.05) is 12.1 Å². The Morgan fingerprint density at radius 1 is 1.41 bits per heavy atom. The van der Waals surface area contributed by atoms with Crippen molar-refractivity contribution in [1.82, 2.24) is 20.5 Å². The highest BCUT2D eigenvalue weighted by molar-refractivity contribution is 5.95. The lowest BCUT2D eigenvalue weighted by Crippen LogP contribution is -2.40. The van der Waals surface area contributed by atoms with E-state index in [0.29, 0.717) is 12.2 Å². The number of hydrogen-bond acceptors (Lipinski definition) is 4. The van der Waals surface area contributed by atoms with E-state index in [9.17, 15) is 14.0 Å². The Morgan fingerprint density at radius 3 is 2.86 bits per heavy atom. The minimum atomic E-state index is -0.692. The van der Waals surface area contributed by atoms with Crippen molar-refractivity contribution < 1.29 is 14.0 Å². The van der Waals surface area contributed by atoms with Crippen LogP contribution in [-0.4, -0.2) is 33.0 Å². The smallest absolute Gasteiger partial charge is 0.249 e. The van der Waals surface area contributed by atoms with Gasteiger partial charge in [0, 0.05) is 13.3 Å². The number of anilines is 1. The van der Waals surface area contributed by atoms with Crippen LogP contribution in [0.25, 0.3) is 0 Å². The minimum Gasteiger partial charge on any atom is -0.345 e. The molecule has 0 fully saturated rings. The largest absolute Gasteiger partial charge is 0.345 e. The maximum absolute atomic E-state index is 13.1. The molecule has 0 bridgehead atoms. The van der Waals surface area contributed by atoms with Gasteiger partial charge in [0.1, 0.15) is 17.7 Å². The summed E-state index contributed by atoms with van der Waals surface area (Å²) in [6, 6.07) is 5.45. The number of rotatable bonds is 5. The van der Waals surface area contributed by atoms with Crippen LogP contribution >= 0.6 is 0 Å².